The van der Waals surface area contributed by atoms with Gasteiger partial charge in [0.15, 0.2) is 5.82 Å². The fourth-order valence-corrected chi connectivity index (χ4v) is 3.47. The highest BCUT2D eigenvalue weighted by Gasteiger charge is 2.13. The maximum atomic E-state index is 5.45. The van der Waals surface area contributed by atoms with Crippen LogP contribution < -0.4 is 5.32 Å². The van der Waals surface area contributed by atoms with Gasteiger partial charge in [-0.1, -0.05) is 24.3 Å². The first-order chi connectivity index (χ1) is 13.7. The molecule has 7 heteroatoms. The summed E-state index contributed by atoms with van der Waals surface area (Å²) in [5, 5.41) is 7.91. The molecule has 146 valence electrons. The van der Waals surface area contributed by atoms with Gasteiger partial charge >= 0.3 is 0 Å². The van der Waals surface area contributed by atoms with Gasteiger partial charge in [-0.3, -0.25) is 9.88 Å². The van der Waals surface area contributed by atoms with Crippen LogP contribution in [0.15, 0.2) is 42.7 Å². The number of rotatable bonds is 6. The summed E-state index contributed by atoms with van der Waals surface area (Å²) in [5.74, 6) is 1.46. The lowest BCUT2D eigenvalue weighted by atomic mass is 10.1. The normalized spacial score (nSPS) is 14.9. The van der Waals surface area contributed by atoms with E-state index < -0.39 is 0 Å². The van der Waals surface area contributed by atoms with Crippen LogP contribution in [-0.2, 0) is 17.8 Å². The molecule has 7 nitrogen and oxygen atoms in total. The van der Waals surface area contributed by atoms with Crippen LogP contribution in [0, 0.1) is 13.8 Å². The van der Waals surface area contributed by atoms with E-state index in [9.17, 15) is 0 Å². The maximum absolute atomic E-state index is 5.45. The van der Waals surface area contributed by atoms with Gasteiger partial charge in [0.05, 0.1) is 31.3 Å². The molecule has 0 spiro atoms. The number of hydrogen-bond donors (Lipinski definition) is 1. The van der Waals surface area contributed by atoms with E-state index in [2.05, 4.69) is 49.5 Å². The van der Waals surface area contributed by atoms with E-state index in [0.717, 1.165) is 55.9 Å². The Hall–Kier alpha value is -2.77. The average molecular weight is 378 g/mol. The predicted octanol–water partition coefficient (Wildman–Crippen LogP) is 2.72. The smallest absolute Gasteiger partial charge is 0.174 e. The summed E-state index contributed by atoms with van der Waals surface area (Å²) in [6.45, 7) is 9.24. The number of nitrogens with one attached hydrogen (secondary N) is 1. The highest BCUT2D eigenvalue weighted by molar-refractivity contribution is 5.39. The van der Waals surface area contributed by atoms with Crippen LogP contribution in [-0.4, -0.2) is 51.0 Å². The first-order valence-electron chi connectivity index (χ1n) is 9.65. The molecule has 1 aromatic carbocycles. The number of anilines is 1. The first-order valence-corrected chi connectivity index (χ1v) is 9.65. The molecule has 3 aromatic rings. The lowest BCUT2D eigenvalue weighted by molar-refractivity contribution is 0.0341. The minimum absolute atomic E-state index is 0.704. The molecule has 1 fully saturated rings. The molecule has 0 saturated carbocycles. The van der Waals surface area contributed by atoms with Gasteiger partial charge in [-0.25, -0.2) is 9.67 Å². The minimum Gasteiger partial charge on any atom is -0.379 e. The van der Waals surface area contributed by atoms with Crippen molar-refractivity contribution in [2.45, 2.75) is 26.9 Å². The van der Waals surface area contributed by atoms with Gasteiger partial charge in [-0.2, -0.15) is 5.10 Å². The second-order valence-corrected chi connectivity index (χ2v) is 7.11. The molecule has 1 N–H and O–H groups in total. The molecule has 0 unspecified atom stereocenters. The molecule has 0 radical (unpaired) electrons. The lowest BCUT2D eigenvalue weighted by Crippen LogP contribution is -2.35. The third-order valence-electron chi connectivity index (χ3n) is 4.92. The summed E-state index contributed by atoms with van der Waals surface area (Å²) in [6, 6.07) is 10.6. The summed E-state index contributed by atoms with van der Waals surface area (Å²) in [6.07, 6.45) is 3.48. The number of aromatic nitrogens is 4. The highest BCUT2D eigenvalue weighted by atomic mass is 16.5. The largest absolute Gasteiger partial charge is 0.379 e. The highest BCUT2D eigenvalue weighted by Crippen LogP contribution is 2.16. The number of nitrogens with zero attached hydrogens (tertiary/aromatic N) is 5. The number of morpholine rings is 1. The van der Waals surface area contributed by atoms with Crippen LogP contribution in [0.3, 0.4) is 0 Å². The molecule has 0 atom stereocenters. The summed E-state index contributed by atoms with van der Waals surface area (Å²) < 4.78 is 7.27. The maximum Gasteiger partial charge on any atom is 0.174 e. The van der Waals surface area contributed by atoms with E-state index in [1.54, 1.807) is 12.4 Å². The van der Waals surface area contributed by atoms with E-state index in [1.807, 2.05) is 24.6 Å². The fourth-order valence-electron chi connectivity index (χ4n) is 3.47. The van der Waals surface area contributed by atoms with Crippen LogP contribution in [0.4, 0.5) is 5.82 Å². The standard InChI is InChI=1S/C21H26N6O/c1-16-11-17(2)27(25-16)21-14-22-13-20(24-21)23-12-18-5-3-4-6-19(18)15-26-7-9-28-10-8-26/h3-6,11,13-14H,7-10,12,15H2,1-2H3,(H,23,24). The predicted molar refractivity (Wildman–Crippen MR) is 108 cm³/mol. The number of hydrogen-bond acceptors (Lipinski definition) is 6. The van der Waals surface area contributed by atoms with Crippen molar-refractivity contribution >= 4 is 5.82 Å². The van der Waals surface area contributed by atoms with Crippen molar-refractivity contribution in [3.8, 4) is 5.82 Å². The Morgan fingerprint density at radius 1 is 1.07 bits per heavy atom. The first kappa shape index (κ1) is 18.6. The molecule has 1 aliphatic rings. The van der Waals surface area contributed by atoms with Gasteiger partial charge < -0.3 is 10.1 Å². The third kappa shape index (κ3) is 4.37. The van der Waals surface area contributed by atoms with Crippen LogP contribution in [0.5, 0.6) is 0 Å². The zero-order valence-corrected chi connectivity index (χ0v) is 16.4. The fraction of sp³-hybridized carbons (Fsp3) is 0.381. The van der Waals surface area contributed by atoms with Gasteiger partial charge in [0.2, 0.25) is 0 Å². The molecule has 0 aliphatic carbocycles. The molecule has 28 heavy (non-hydrogen) atoms. The second-order valence-electron chi connectivity index (χ2n) is 7.11. The number of ether oxygens (including phenoxy) is 1. The molecule has 4 rings (SSSR count). The van der Waals surface area contributed by atoms with Crippen molar-refractivity contribution in [3.63, 3.8) is 0 Å². The van der Waals surface area contributed by atoms with E-state index in [0.29, 0.717) is 6.54 Å². The van der Waals surface area contributed by atoms with Crippen LogP contribution >= 0.6 is 0 Å². The Morgan fingerprint density at radius 2 is 1.86 bits per heavy atom. The van der Waals surface area contributed by atoms with Crippen molar-refractivity contribution in [1.82, 2.24) is 24.6 Å². The van der Waals surface area contributed by atoms with Gasteiger partial charge in [-0.05, 0) is 31.0 Å². The Bertz CT molecular complexity index is 932. The quantitative estimate of drug-likeness (QED) is 0.711. The zero-order chi connectivity index (χ0) is 19.3. The summed E-state index contributed by atoms with van der Waals surface area (Å²) >= 11 is 0. The van der Waals surface area contributed by atoms with Crippen molar-refractivity contribution in [2.24, 2.45) is 0 Å². The number of benzene rings is 1. The second kappa shape index (κ2) is 8.50. The van der Waals surface area contributed by atoms with Crippen LogP contribution in [0.25, 0.3) is 5.82 Å². The van der Waals surface area contributed by atoms with Crippen LogP contribution in [0.2, 0.25) is 0 Å². The van der Waals surface area contributed by atoms with Crippen molar-refractivity contribution in [2.75, 3.05) is 31.6 Å². The van der Waals surface area contributed by atoms with Gasteiger partial charge in [0.25, 0.3) is 0 Å². The molecular formula is C21H26N6O. The van der Waals surface area contributed by atoms with Gasteiger partial charge in [0, 0.05) is 31.9 Å². The summed E-state index contributed by atoms with van der Waals surface area (Å²) in [7, 11) is 0. The third-order valence-corrected chi connectivity index (χ3v) is 4.92. The summed E-state index contributed by atoms with van der Waals surface area (Å²) in [5.41, 5.74) is 4.61. The zero-order valence-electron chi connectivity index (χ0n) is 16.4. The summed E-state index contributed by atoms with van der Waals surface area (Å²) in [4.78, 5) is 11.4. The van der Waals surface area contributed by atoms with E-state index in [4.69, 9.17) is 4.74 Å². The Kier molecular flexibility index (Phi) is 5.64. The van der Waals surface area contributed by atoms with E-state index >= 15 is 0 Å². The van der Waals surface area contributed by atoms with Crippen molar-refractivity contribution in [3.05, 3.63) is 65.2 Å². The monoisotopic (exact) mass is 378 g/mol. The number of aryl methyl sites for hydroxylation is 2. The van der Waals surface area contributed by atoms with Gasteiger partial charge in [-0.15, -0.1) is 0 Å². The minimum atomic E-state index is 0.704. The van der Waals surface area contributed by atoms with E-state index in [1.165, 1.54) is 11.1 Å². The average Bonchev–Trinajstić information content (AvgIpc) is 3.06. The van der Waals surface area contributed by atoms with Gasteiger partial charge in [0.1, 0.15) is 5.82 Å². The SMILES string of the molecule is Cc1cc(C)n(-c2cncc(NCc3ccccc3CN3CCOCC3)n2)n1. The molecule has 3 heterocycles. The molecule has 2 aromatic heterocycles. The van der Waals surface area contributed by atoms with Crippen LogP contribution in [0.1, 0.15) is 22.5 Å². The van der Waals surface area contributed by atoms with Crippen molar-refractivity contribution in [1.29, 1.82) is 0 Å². The van der Waals surface area contributed by atoms with E-state index in [-0.39, 0.29) is 0 Å². The molecular weight excluding hydrogens is 352 g/mol. The molecule has 1 aliphatic heterocycles. The molecule has 0 amide bonds. The molecule has 0 bridgehead atoms. The van der Waals surface area contributed by atoms with Crippen molar-refractivity contribution < 1.29 is 4.74 Å². The molecule has 1 saturated heterocycles. The topological polar surface area (TPSA) is 68.1 Å². The lowest BCUT2D eigenvalue weighted by Gasteiger charge is -2.27. The Morgan fingerprint density at radius 3 is 2.61 bits per heavy atom. The Labute approximate surface area is 165 Å². The Balaban J connectivity index is 1.46.